The molecule has 30 heavy (non-hydrogen) atoms. The number of carbonyl (C=O) groups is 1. The summed E-state index contributed by atoms with van der Waals surface area (Å²) in [5, 5.41) is 3.28. The first-order valence-corrected chi connectivity index (χ1v) is 9.90. The van der Waals surface area contributed by atoms with Gasteiger partial charge in [-0.3, -0.25) is 10.1 Å². The molecule has 0 saturated heterocycles. The minimum Gasteiger partial charge on any atom is -0.435 e. The molecule has 6 nitrogen and oxygen atoms in total. The van der Waals surface area contributed by atoms with Gasteiger partial charge >= 0.3 is 6.61 Å². The molecule has 0 aliphatic rings. The Kier molecular flexibility index (Phi) is 5.21. The van der Waals surface area contributed by atoms with E-state index in [2.05, 4.69) is 20.0 Å². The largest absolute Gasteiger partial charge is 0.435 e. The lowest BCUT2D eigenvalue weighted by molar-refractivity contribution is -0.0498. The smallest absolute Gasteiger partial charge is 0.387 e. The fourth-order valence-electron chi connectivity index (χ4n) is 3.14. The van der Waals surface area contributed by atoms with Crippen molar-refractivity contribution in [2.45, 2.75) is 20.5 Å². The van der Waals surface area contributed by atoms with Crippen molar-refractivity contribution < 1.29 is 18.3 Å². The quantitative estimate of drug-likeness (QED) is 0.476. The van der Waals surface area contributed by atoms with Crippen LogP contribution in [0.1, 0.15) is 21.1 Å². The molecule has 0 aliphatic heterocycles. The first-order chi connectivity index (χ1) is 14.3. The van der Waals surface area contributed by atoms with Gasteiger partial charge in [0.15, 0.2) is 5.13 Å². The highest BCUT2D eigenvalue weighted by Gasteiger charge is 2.15. The molecule has 2 aromatic heterocycles. The van der Waals surface area contributed by atoms with E-state index in [1.54, 1.807) is 24.3 Å². The highest BCUT2D eigenvalue weighted by Crippen LogP contribution is 2.32. The van der Waals surface area contributed by atoms with E-state index in [1.165, 1.54) is 23.5 Å². The van der Waals surface area contributed by atoms with Crippen molar-refractivity contribution in [3.63, 3.8) is 0 Å². The Bertz CT molecular complexity index is 1230. The number of aromatic nitrogens is 3. The minimum atomic E-state index is -2.87. The van der Waals surface area contributed by atoms with Crippen molar-refractivity contribution in [3.05, 3.63) is 58.7 Å². The average molecular weight is 428 g/mol. The van der Waals surface area contributed by atoms with E-state index < -0.39 is 6.61 Å². The summed E-state index contributed by atoms with van der Waals surface area (Å²) in [6, 6.07) is 11.6. The van der Waals surface area contributed by atoms with Crippen LogP contribution in [0.3, 0.4) is 0 Å². The number of ether oxygens (including phenoxy) is 1. The van der Waals surface area contributed by atoms with E-state index in [9.17, 15) is 13.6 Å². The zero-order valence-electron chi connectivity index (χ0n) is 16.4. The predicted octanol–water partition coefficient (Wildman–Crippen LogP) is 5.17. The van der Waals surface area contributed by atoms with Crippen molar-refractivity contribution in [1.82, 2.24) is 14.5 Å². The summed E-state index contributed by atoms with van der Waals surface area (Å²) < 4.78 is 30.9. The predicted molar refractivity (Wildman–Crippen MR) is 112 cm³/mol. The van der Waals surface area contributed by atoms with Crippen LogP contribution in [-0.2, 0) is 7.05 Å². The maximum absolute atomic E-state index is 12.7. The number of fused-ring (bicyclic) bond motifs is 1. The number of anilines is 1. The summed E-state index contributed by atoms with van der Waals surface area (Å²) in [5.41, 5.74) is 3.62. The molecular weight excluding hydrogens is 410 g/mol. The van der Waals surface area contributed by atoms with Gasteiger partial charge in [-0.05, 0) is 56.3 Å². The molecule has 0 fully saturated rings. The Balaban J connectivity index is 1.54. The van der Waals surface area contributed by atoms with E-state index in [1.807, 2.05) is 31.5 Å². The number of halogens is 2. The van der Waals surface area contributed by atoms with Gasteiger partial charge in [0.05, 0.1) is 16.7 Å². The summed E-state index contributed by atoms with van der Waals surface area (Å²) >= 11 is 1.34. The van der Waals surface area contributed by atoms with Crippen molar-refractivity contribution in [2.75, 3.05) is 5.32 Å². The molecule has 4 rings (SSSR count). The van der Waals surface area contributed by atoms with Crippen LogP contribution in [0.25, 0.3) is 22.3 Å². The van der Waals surface area contributed by atoms with Crippen LogP contribution >= 0.6 is 11.3 Å². The normalized spacial score (nSPS) is 11.3. The molecule has 0 atom stereocenters. The zero-order valence-corrected chi connectivity index (χ0v) is 17.3. The van der Waals surface area contributed by atoms with Crippen molar-refractivity contribution in [2.24, 2.45) is 7.05 Å². The third kappa shape index (κ3) is 3.88. The average Bonchev–Trinajstić information content (AvgIpc) is 3.20. The number of amides is 1. The summed E-state index contributed by atoms with van der Waals surface area (Å²) in [6.07, 6.45) is 0. The Morgan fingerprint density at radius 2 is 1.87 bits per heavy atom. The number of imidazole rings is 1. The Morgan fingerprint density at radius 3 is 2.57 bits per heavy atom. The second-order valence-electron chi connectivity index (χ2n) is 6.70. The van der Waals surface area contributed by atoms with Gasteiger partial charge in [0, 0.05) is 23.1 Å². The van der Waals surface area contributed by atoms with E-state index in [-0.39, 0.29) is 11.7 Å². The number of nitrogens with one attached hydrogen (secondary N) is 1. The van der Waals surface area contributed by atoms with E-state index in [0.717, 1.165) is 27.3 Å². The molecule has 0 bridgehead atoms. The molecule has 2 aromatic carbocycles. The summed E-state index contributed by atoms with van der Waals surface area (Å²) in [4.78, 5) is 22.5. The fraction of sp³-hybridized carbons (Fsp3) is 0.190. The van der Waals surface area contributed by atoms with Crippen molar-refractivity contribution in [3.8, 4) is 17.0 Å². The second-order valence-corrected chi connectivity index (χ2v) is 7.91. The van der Waals surface area contributed by atoms with Crippen LogP contribution in [0.2, 0.25) is 0 Å². The van der Waals surface area contributed by atoms with Crippen molar-refractivity contribution >= 4 is 33.4 Å². The number of benzene rings is 2. The number of rotatable bonds is 5. The number of carbonyl (C=O) groups excluding carboxylic acids is 1. The zero-order chi connectivity index (χ0) is 21.4. The first kappa shape index (κ1) is 20.0. The van der Waals surface area contributed by atoms with Crippen LogP contribution in [0.5, 0.6) is 5.75 Å². The molecule has 1 amide bonds. The Hall–Kier alpha value is -3.33. The van der Waals surface area contributed by atoms with E-state index in [4.69, 9.17) is 0 Å². The summed E-state index contributed by atoms with van der Waals surface area (Å²) in [6.45, 7) is 0.925. The number of alkyl halides is 2. The van der Waals surface area contributed by atoms with Gasteiger partial charge in [0.1, 0.15) is 11.6 Å². The molecule has 0 radical (unpaired) electrons. The lowest BCUT2D eigenvalue weighted by Gasteiger charge is -2.05. The molecule has 4 aromatic rings. The molecule has 154 valence electrons. The molecule has 9 heteroatoms. The highest BCUT2D eigenvalue weighted by molar-refractivity contribution is 7.16. The standard InChI is InChI=1S/C21H18F2N4O2S/c1-11-18(13-4-7-15(8-5-13)29-20(22)23)25-21(30-11)26-19(28)14-6-9-17-16(10-14)24-12(2)27(17)3/h4-10,20H,1-3H3,(H,25,26,28). The topological polar surface area (TPSA) is 69.0 Å². The third-order valence-electron chi connectivity index (χ3n) is 4.74. The molecular formula is C21H18F2N4O2S. The van der Waals surface area contributed by atoms with Gasteiger partial charge in [0.2, 0.25) is 0 Å². The Morgan fingerprint density at radius 1 is 1.13 bits per heavy atom. The van der Waals surface area contributed by atoms with Crippen LogP contribution in [-0.4, -0.2) is 27.1 Å². The van der Waals surface area contributed by atoms with Crippen LogP contribution < -0.4 is 10.1 Å². The maximum atomic E-state index is 12.7. The van der Waals surface area contributed by atoms with Crippen LogP contribution in [0, 0.1) is 13.8 Å². The van der Waals surface area contributed by atoms with Crippen molar-refractivity contribution in [1.29, 1.82) is 0 Å². The fourth-order valence-corrected chi connectivity index (χ4v) is 3.97. The van der Waals surface area contributed by atoms with E-state index >= 15 is 0 Å². The summed E-state index contributed by atoms with van der Waals surface area (Å²) in [7, 11) is 1.93. The van der Waals surface area contributed by atoms with Gasteiger partial charge in [0.25, 0.3) is 5.91 Å². The number of aryl methyl sites for hydroxylation is 3. The number of thiazole rings is 1. The lowest BCUT2D eigenvalue weighted by atomic mass is 10.1. The molecule has 1 N–H and O–H groups in total. The minimum absolute atomic E-state index is 0.0790. The molecule has 2 heterocycles. The second kappa shape index (κ2) is 7.83. The number of nitrogens with zero attached hydrogens (tertiary/aromatic N) is 3. The van der Waals surface area contributed by atoms with Gasteiger partial charge in [-0.25, -0.2) is 9.97 Å². The SMILES string of the molecule is Cc1sc(NC(=O)c2ccc3c(c2)nc(C)n3C)nc1-c1ccc(OC(F)F)cc1. The van der Waals surface area contributed by atoms with Crippen LogP contribution in [0.4, 0.5) is 13.9 Å². The molecule has 0 aliphatic carbocycles. The third-order valence-corrected chi connectivity index (χ3v) is 5.62. The number of hydrogen-bond acceptors (Lipinski definition) is 5. The van der Waals surface area contributed by atoms with Crippen LogP contribution in [0.15, 0.2) is 42.5 Å². The van der Waals surface area contributed by atoms with E-state index in [0.29, 0.717) is 16.4 Å². The summed E-state index contributed by atoms with van der Waals surface area (Å²) in [5.74, 6) is 0.671. The van der Waals surface area contributed by atoms with Gasteiger partial charge in [-0.2, -0.15) is 8.78 Å². The van der Waals surface area contributed by atoms with Gasteiger partial charge in [-0.15, -0.1) is 11.3 Å². The van der Waals surface area contributed by atoms with Gasteiger partial charge in [-0.1, -0.05) is 0 Å². The Labute approximate surface area is 175 Å². The molecule has 0 saturated carbocycles. The number of hydrogen-bond donors (Lipinski definition) is 1. The molecule has 0 spiro atoms. The molecule has 0 unspecified atom stereocenters. The monoisotopic (exact) mass is 428 g/mol. The highest BCUT2D eigenvalue weighted by atomic mass is 32.1. The maximum Gasteiger partial charge on any atom is 0.387 e. The van der Waals surface area contributed by atoms with Gasteiger partial charge < -0.3 is 9.30 Å². The first-order valence-electron chi connectivity index (χ1n) is 9.09. The lowest BCUT2D eigenvalue weighted by Crippen LogP contribution is -2.11.